The SMILES string of the molecule is C[C@H](N)C(=O)Nc1nc2ccccc2s1. The van der Waals surface area contributed by atoms with Crippen LogP contribution in [0.5, 0.6) is 0 Å². The molecule has 1 heterocycles. The van der Waals surface area contributed by atoms with Crippen LogP contribution in [0.2, 0.25) is 0 Å². The van der Waals surface area contributed by atoms with E-state index in [2.05, 4.69) is 10.3 Å². The fourth-order valence-electron chi connectivity index (χ4n) is 1.14. The van der Waals surface area contributed by atoms with E-state index in [9.17, 15) is 4.79 Å². The van der Waals surface area contributed by atoms with Gasteiger partial charge in [0, 0.05) is 0 Å². The molecule has 15 heavy (non-hydrogen) atoms. The molecule has 2 aromatic rings. The largest absolute Gasteiger partial charge is 0.320 e. The van der Waals surface area contributed by atoms with Gasteiger partial charge in [0.2, 0.25) is 5.91 Å². The van der Waals surface area contributed by atoms with Gasteiger partial charge in [0.25, 0.3) is 0 Å². The fraction of sp³-hybridized carbons (Fsp3) is 0.200. The number of nitrogens with zero attached hydrogens (tertiary/aromatic N) is 1. The number of hydrogen-bond acceptors (Lipinski definition) is 4. The number of carbonyl (C=O) groups is 1. The van der Waals surface area contributed by atoms with Gasteiger partial charge in [-0.25, -0.2) is 4.98 Å². The first kappa shape index (κ1) is 10.1. The highest BCUT2D eigenvalue weighted by Crippen LogP contribution is 2.25. The number of amides is 1. The summed E-state index contributed by atoms with van der Waals surface area (Å²) in [5, 5.41) is 3.27. The molecule has 78 valence electrons. The smallest absolute Gasteiger partial charge is 0.242 e. The molecule has 0 saturated heterocycles. The van der Waals surface area contributed by atoms with Crippen LogP contribution in [0, 0.1) is 0 Å². The van der Waals surface area contributed by atoms with Crippen molar-refractivity contribution in [3.05, 3.63) is 24.3 Å². The van der Waals surface area contributed by atoms with Crippen molar-refractivity contribution >= 4 is 32.6 Å². The van der Waals surface area contributed by atoms with E-state index in [1.54, 1.807) is 6.92 Å². The number of fused-ring (bicyclic) bond motifs is 1. The average Bonchev–Trinajstić information content (AvgIpc) is 2.59. The van der Waals surface area contributed by atoms with Crippen LogP contribution in [-0.4, -0.2) is 16.9 Å². The quantitative estimate of drug-likeness (QED) is 0.809. The first-order valence-electron chi connectivity index (χ1n) is 4.59. The Labute approximate surface area is 91.1 Å². The molecule has 0 spiro atoms. The molecule has 0 bridgehead atoms. The number of anilines is 1. The molecule has 2 rings (SSSR count). The molecule has 1 aromatic carbocycles. The fourth-order valence-corrected chi connectivity index (χ4v) is 2.01. The first-order chi connectivity index (χ1) is 7.16. The highest BCUT2D eigenvalue weighted by Gasteiger charge is 2.10. The minimum absolute atomic E-state index is 0.214. The molecular weight excluding hydrogens is 210 g/mol. The Morgan fingerprint density at radius 2 is 2.27 bits per heavy atom. The maximum atomic E-state index is 11.3. The van der Waals surface area contributed by atoms with Gasteiger partial charge in [-0.05, 0) is 19.1 Å². The molecule has 0 fully saturated rings. The van der Waals surface area contributed by atoms with Crippen molar-refractivity contribution in [3.63, 3.8) is 0 Å². The molecular formula is C10H11N3OS. The second kappa shape index (κ2) is 3.96. The summed E-state index contributed by atoms with van der Waals surface area (Å²) in [5.41, 5.74) is 6.33. The Morgan fingerprint density at radius 1 is 1.53 bits per heavy atom. The Morgan fingerprint density at radius 3 is 2.93 bits per heavy atom. The summed E-state index contributed by atoms with van der Waals surface area (Å²) in [7, 11) is 0. The topological polar surface area (TPSA) is 68.0 Å². The molecule has 4 nitrogen and oxygen atoms in total. The minimum atomic E-state index is -0.517. The van der Waals surface area contributed by atoms with E-state index in [1.807, 2.05) is 24.3 Å². The van der Waals surface area contributed by atoms with E-state index in [4.69, 9.17) is 5.73 Å². The summed E-state index contributed by atoms with van der Waals surface area (Å²) >= 11 is 1.44. The zero-order chi connectivity index (χ0) is 10.8. The number of hydrogen-bond donors (Lipinski definition) is 2. The van der Waals surface area contributed by atoms with Gasteiger partial charge in [-0.2, -0.15) is 0 Å². The van der Waals surface area contributed by atoms with Crippen molar-refractivity contribution in [2.75, 3.05) is 5.32 Å². The lowest BCUT2D eigenvalue weighted by Gasteiger charge is -2.02. The molecule has 1 aromatic heterocycles. The lowest BCUT2D eigenvalue weighted by atomic mass is 10.3. The van der Waals surface area contributed by atoms with Gasteiger partial charge in [0.1, 0.15) is 0 Å². The lowest BCUT2D eigenvalue weighted by molar-refractivity contribution is -0.117. The summed E-state index contributed by atoms with van der Waals surface area (Å²) < 4.78 is 1.05. The van der Waals surface area contributed by atoms with Gasteiger partial charge in [0.15, 0.2) is 5.13 Å². The second-order valence-electron chi connectivity index (χ2n) is 3.26. The third-order valence-electron chi connectivity index (χ3n) is 1.94. The standard InChI is InChI=1S/C10H11N3OS/c1-6(11)9(14)13-10-12-7-4-2-3-5-8(7)15-10/h2-6H,11H2,1H3,(H,12,13,14)/t6-/m0/s1. The van der Waals surface area contributed by atoms with Gasteiger partial charge < -0.3 is 11.1 Å². The summed E-state index contributed by atoms with van der Waals surface area (Å²) in [4.78, 5) is 15.6. The predicted molar refractivity (Wildman–Crippen MR) is 61.9 cm³/mol. The van der Waals surface area contributed by atoms with Crippen molar-refractivity contribution in [1.29, 1.82) is 0 Å². The normalized spacial score (nSPS) is 12.7. The molecule has 0 radical (unpaired) electrons. The van der Waals surface area contributed by atoms with Gasteiger partial charge in [-0.3, -0.25) is 4.79 Å². The molecule has 0 unspecified atom stereocenters. The molecule has 0 aliphatic heterocycles. The highest BCUT2D eigenvalue weighted by atomic mass is 32.1. The van der Waals surface area contributed by atoms with E-state index in [1.165, 1.54) is 11.3 Å². The number of carbonyl (C=O) groups excluding carboxylic acids is 1. The Balaban J connectivity index is 2.26. The molecule has 1 amide bonds. The Hall–Kier alpha value is -1.46. The zero-order valence-corrected chi connectivity index (χ0v) is 9.04. The van der Waals surface area contributed by atoms with Crippen molar-refractivity contribution in [3.8, 4) is 0 Å². The van der Waals surface area contributed by atoms with Crippen molar-refractivity contribution in [2.24, 2.45) is 5.73 Å². The highest BCUT2D eigenvalue weighted by molar-refractivity contribution is 7.22. The van der Waals surface area contributed by atoms with Crippen molar-refractivity contribution in [2.45, 2.75) is 13.0 Å². The zero-order valence-electron chi connectivity index (χ0n) is 8.23. The molecule has 0 saturated carbocycles. The summed E-state index contributed by atoms with van der Waals surface area (Å²) in [6.07, 6.45) is 0. The molecule has 0 aliphatic carbocycles. The molecule has 3 N–H and O–H groups in total. The third-order valence-corrected chi connectivity index (χ3v) is 2.89. The Kier molecular flexibility index (Phi) is 2.66. The first-order valence-corrected chi connectivity index (χ1v) is 5.40. The summed E-state index contributed by atoms with van der Waals surface area (Å²) in [6.45, 7) is 1.64. The molecule has 0 aliphatic rings. The molecule has 5 heteroatoms. The Bertz CT molecular complexity index is 459. The predicted octanol–water partition coefficient (Wildman–Crippen LogP) is 1.58. The minimum Gasteiger partial charge on any atom is -0.320 e. The number of nitrogens with one attached hydrogen (secondary N) is 1. The second-order valence-corrected chi connectivity index (χ2v) is 4.30. The molecule has 1 atom stereocenters. The van der Waals surface area contributed by atoms with E-state index >= 15 is 0 Å². The van der Waals surface area contributed by atoms with Gasteiger partial charge in [-0.1, -0.05) is 23.5 Å². The van der Waals surface area contributed by atoms with E-state index in [0.717, 1.165) is 10.2 Å². The van der Waals surface area contributed by atoms with Crippen molar-refractivity contribution < 1.29 is 4.79 Å². The van der Waals surface area contributed by atoms with Gasteiger partial charge in [-0.15, -0.1) is 0 Å². The van der Waals surface area contributed by atoms with E-state index in [-0.39, 0.29) is 5.91 Å². The number of thiazole rings is 1. The van der Waals surface area contributed by atoms with Crippen molar-refractivity contribution in [1.82, 2.24) is 4.98 Å². The number of nitrogens with two attached hydrogens (primary N) is 1. The number of rotatable bonds is 2. The maximum absolute atomic E-state index is 11.3. The van der Waals surface area contributed by atoms with Crippen LogP contribution < -0.4 is 11.1 Å². The van der Waals surface area contributed by atoms with E-state index < -0.39 is 6.04 Å². The van der Waals surface area contributed by atoms with Gasteiger partial charge in [0.05, 0.1) is 16.3 Å². The van der Waals surface area contributed by atoms with Crippen LogP contribution in [-0.2, 0) is 4.79 Å². The number of aromatic nitrogens is 1. The monoisotopic (exact) mass is 221 g/mol. The summed E-state index contributed by atoms with van der Waals surface area (Å²) in [5.74, 6) is -0.214. The van der Waals surface area contributed by atoms with Crippen LogP contribution in [0.3, 0.4) is 0 Å². The average molecular weight is 221 g/mol. The summed E-state index contributed by atoms with van der Waals surface area (Å²) in [6, 6.07) is 7.22. The van der Waals surface area contributed by atoms with Crippen LogP contribution in [0.15, 0.2) is 24.3 Å². The lowest BCUT2D eigenvalue weighted by Crippen LogP contribution is -2.32. The van der Waals surface area contributed by atoms with Gasteiger partial charge >= 0.3 is 0 Å². The van der Waals surface area contributed by atoms with Crippen LogP contribution >= 0.6 is 11.3 Å². The van der Waals surface area contributed by atoms with Crippen LogP contribution in [0.4, 0.5) is 5.13 Å². The maximum Gasteiger partial charge on any atom is 0.242 e. The number of benzene rings is 1. The van der Waals surface area contributed by atoms with E-state index in [0.29, 0.717) is 5.13 Å². The van der Waals surface area contributed by atoms with Crippen LogP contribution in [0.1, 0.15) is 6.92 Å². The third kappa shape index (κ3) is 2.14. The van der Waals surface area contributed by atoms with Crippen LogP contribution in [0.25, 0.3) is 10.2 Å². The number of para-hydroxylation sites is 1.